The highest BCUT2D eigenvalue weighted by Gasteiger charge is 2.03. The number of aliphatic imine (C=N–C) groups is 1. The fourth-order valence-electron chi connectivity index (χ4n) is 1.46. The molecule has 0 aliphatic rings. The van der Waals surface area contributed by atoms with E-state index in [9.17, 15) is 4.39 Å². The van der Waals surface area contributed by atoms with E-state index in [-0.39, 0.29) is 5.02 Å². The predicted molar refractivity (Wildman–Crippen MR) is 69.7 cm³/mol. The van der Waals surface area contributed by atoms with Crippen LogP contribution >= 0.6 is 11.6 Å². The van der Waals surface area contributed by atoms with Crippen molar-refractivity contribution in [2.24, 2.45) is 10.7 Å². The third kappa shape index (κ3) is 3.89. The first-order valence-corrected chi connectivity index (χ1v) is 5.95. The van der Waals surface area contributed by atoms with Crippen LogP contribution in [0.1, 0.15) is 19.4 Å². The molecule has 0 unspecified atom stereocenters. The van der Waals surface area contributed by atoms with Crippen molar-refractivity contribution in [1.82, 2.24) is 4.90 Å². The molecule has 0 spiro atoms. The number of rotatable bonds is 4. The quantitative estimate of drug-likeness (QED) is 0.666. The lowest BCUT2D eigenvalue weighted by molar-refractivity contribution is 0.458. The summed E-state index contributed by atoms with van der Waals surface area (Å²) in [6, 6.07) is 4.55. The van der Waals surface area contributed by atoms with Gasteiger partial charge in [-0.05, 0) is 31.5 Å². The molecule has 0 heterocycles. The molecule has 0 aliphatic heterocycles. The van der Waals surface area contributed by atoms with E-state index in [4.69, 9.17) is 17.3 Å². The zero-order valence-electron chi connectivity index (χ0n) is 10.1. The molecule has 17 heavy (non-hydrogen) atoms. The van der Waals surface area contributed by atoms with E-state index < -0.39 is 5.82 Å². The van der Waals surface area contributed by atoms with Gasteiger partial charge >= 0.3 is 0 Å². The van der Waals surface area contributed by atoms with Gasteiger partial charge in [-0.1, -0.05) is 17.7 Å². The van der Waals surface area contributed by atoms with Gasteiger partial charge in [0.05, 0.1) is 11.6 Å². The number of hydrogen-bond donors (Lipinski definition) is 1. The summed E-state index contributed by atoms with van der Waals surface area (Å²) in [7, 11) is 0. The van der Waals surface area contributed by atoms with Crippen LogP contribution < -0.4 is 5.73 Å². The van der Waals surface area contributed by atoms with Crippen LogP contribution in [0.15, 0.2) is 23.2 Å². The fourth-order valence-corrected chi connectivity index (χ4v) is 1.66. The van der Waals surface area contributed by atoms with E-state index in [1.807, 2.05) is 18.7 Å². The van der Waals surface area contributed by atoms with Crippen molar-refractivity contribution in [3.63, 3.8) is 0 Å². The summed E-state index contributed by atoms with van der Waals surface area (Å²) in [5.41, 5.74) is 6.66. The van der Waals surface area contributed by atoms with Crippen LogP contribution in [-0.2, 0) is 6.54 Å². The van der Waals surface area contributed by atoms with Crippen LogP contribution in [0.5, 0.6) is 0 Å². The Balaban J connectivity index is 2.71. The predicted octanol–water partition coefficient (Wildman–Crippen LogP) is 2.64. The van der Waals surface area contributed by atoms with Crippen LogP contribution in [0.3, 0.4) is 0 Å². The van der Waals surface area contributed by atoms with Crippen LogP contribution in [-0.4, -0.2) is 23.9 Å². The molecule has 0 aliphatic carbocycles. The van der Waals surface area contributed by atoms with Crippen molar-refractivity contribution in [2.75, 3.05) is 13.1 Å². The molecule has 0 saturated carbocycles. The van der Waals surface area contributed by atoms with Crippen molar-refractivity contribution in [3.8, 4) is 0 Å². The lowest BCUT2D eigenvalue weighted by Gasteiger charge is -2.19. The number of guanidine groups is 1. The Hall–Kier alpha value is -1.29. The third-order valence-electron chi connectivity index (χ3n) is 2.50. The number of nitrogens with two attached hydrogens (primary N) is 1. The van der Waals surface area contributed by atoms with Gasteiger partial charge in [-0.25, -0.2) is 9.38 Å². The Labute approximate surface area is 106 Å². The van der Waals surface area contributed by atoms with E-state index >= 15 is 0 Å². The Morgan fingerprint density at radius 2 is 2.06 bits per heavy atom. The standard InChI is InChI=1S/C12H17ClFN3/c1-3-17(4-2)12(15)16-8-9-5-6-11(14)10(13)7-9/h5-7H,3-4,8H2,1-2H3,(H2,15,16). The van der Waals surface area contributed by atoms with Gasteiger partial charge in [-0.3, -0.25) is 0 Å². The first-order valence-electron chi connectivity index (χ1n) is 5.57. The molecule has 0 saturated heterocycles. The summed E-state index contributed by atoms with van der Waals surface area (Å²) < 4.78 is 12.9. The number of benzene rings is 1. The normalized spacial score (nSPS) is 11.6. The summed E-state index contributed by atoms with van der Waals surface area (Å²) in [6.07, 6.45) is 0. The number of nitrogens with zero attached hydrogens (tertiary/aromatic N) is 2. The molecule has 2 N–H and O–H groups in total. The lowest BCUT2D eigenvalue weighted by atomic mass is 10.2. The van der Waals surface area contributed by atoms with E-state index in [1.165, 1.54) is 6.07 Å². The summed E-state index contributed by atoms with van der Waals surface area (Å²) in [5.74, 6) is 0.0755. The summed E-state index contributed by atoms with van der Waals surface area (Å²) in [4.78, 5) is 6.20. The molecule has 5 heteroatoms. The molecule has 1 rings (SSSR count). The van der Waals surface area contributed by atoms with Crippen molar-refractivity contribution in [3.05, 3.63) is 34.6 Å². The molecular formula is C12H17ClFN3. The average Bonchev–Trinajstić information content (AvgIpc) is 2.32. The Morgan fingerprint density at radius 1 is 1.41 bits per heavy atom. The second kappa shape index (κ2) is 6.45. The maximum absolute atomic E-state index is 12.9. The largest absolute Gasteiger partial charge is 0.370 e. The molecule has 3 nitrogen and oxygen atoms in total. The highest BCUT2D eigenvalue weighted by molar-refractivity contribution is 6.30. The second-order valence-electron chi connectivity index (χ2n) is 3.60. The van der Waals surface area contributed by atoms with Crippen molar-refractivity contribution in [1.29, 1.82) is 0 Å². The highest BCUT2D eigenvalue weighted by atomic mass is 35.5. The first kappa shape index (κ1) is 13.8. The van der Waals surface area contributed by atoms with Crippen LogP contribution in [0.4, 0.5) is 4.39 Å². The summed E-state index contributed by atoms with van der Waals surface area (Å²) in [5, 5.41) is 0.110. The monoisotopic (exact) mass is 257 g/mol. The zero-order chi connectivity index (χ0) is 12.8. The molecule has 94 valence electrons. The number of hydrogen-bond acceptors (Lipinski definition) is 1. The van der Waals surface area contributed by atoms with E-state index in [0.29, 0.717) is 12.5 Å². The van der Waals surface area contributed by atoms with Gasteiger partial charge in [0, 0.05) is 13.1 Å². The molecule has 1 aromatic carbocycles. The summed E-state index contributed by atoms with van der Waals surface area (Å²) in [6.45, 7) is 6.07. The first-order chi connectivity index (χ1) is 8.08. The van der Waals surface area contributed by atoms with Gasteiger partial charge in [0.15, 0.2) is 5.96 Å². The van der Waals surface area contributed by atoms with Gasteiger partial charge in [0.1, 0.15) is 5.82 Å². The topological polar surface area (TPSA) is 41.6 Å². The van der Waals surface area contributed by atoms with Gasteiger partial charge in [-0.2, -0.15) is 0 Å². The van der Waals surface area contributed by atoms with Gasteiger partial charge in [-0.15, -0.1) is 0 Å². The van der Waals surface area contributed by atoms with E-state index in [2.05, 4.69) is 4.99 Å². The molecule has 0 atom stereocenters. The second-order valence-corrected chi connectivity index (χ2v) is 4.00. The molecule has 0 radical (unpaired) electrons. The van der Waals surface area contributed by atoms with Gasteiger partial charge in [0.25, 0.3) is 0 Å². The minimum absolute atomic E-state index is 0.110. The van der Waals surface area contributed by atoms with Gasteiger partial charge < -0.3 is 10.6 Å². The molecule has 0 fully saturated rings. The number of halogens is 2. The van der Waals surface area contributed by atoms with Crippen molar-refractivity contribution < 1.29 is 4.39 Å². The average molecular weight is 258 g/mol. The van der Waals surface area contributed by atoms with E-state index in [1.54, 1.807) is 12.1 Å². The van der Waals surface area contributed by atoms with Crippen LogP contribution in [0, 0.1) is 5.82 Å². The smallest absolute Gasteiger partial charge is 0.191 e. The Bertz CT molecular complexity index is 403. The van der Waals surface area contributed by atoms with E-state index in [0.717, 1.165) is 18.7 Å². The van der Waals surface area contributed by atoms with Crippen LogP contribution in [0.2, 0.25) is 5.02 Å². The Morgan fingerprint density at radius 3 is 2.59 bits per heavy atom. The molecule has 1 aromatic rings. The Kier molecular flexibility index (Phi) is 5.22. The zero-order valence-corrected chi connectivity index (χ0v) is 10.8. The lowest BCUT2D eigenvalue weighted by Crippen LogP contribution is -2.37. The highest BCUT2D eigenvalue weighted by Crippen LogP contribution is 2.16. The van der Waals surface area contributed by atoms with Crippen LogP contribution in [0.25, 0.3) is 0 Å². The minimum Gasteiger partial charge on any atom is -0.370 e. The molecule has 0 aromatic heterocycles. The van der Waals surface area contributed by atoms with Crippen molar-refractivity contribution >= 4 is 17.6 Å². The van der Waals surface area contributed by atoms with Crippen molar-refractivity contribution in [2.45, 2.75) is 20.4 Å². The molecular weight excluding hydrogens is 241 g/mol. The summed E-state index contributed by atoms with van der Waals surface area (Å²) >= 11 is 5.68. The molecule has 0 amide bonds. The molecule has 0 bridgehead atoms. The third-order valence-corrected chi connectivity index (χ3v) is 2.78. The fraction of sp³-hybridized carbons (Fsp3) is 0.417. The maximum atomic E-state index is 12.9. The minimum atomic E-state index is -0.420. The SMILES string of the molecule is CCN(CC)C(N)=NCc1ccc(F)c(Cl)c1. The maximum Gasteiger partial charge on any atom is 0.191 e. The van der Waals surface area contributed by atoms with Gasteiger partial charge in [0.2, 0.25) is 0 Å².